The molecule has 8 rings (SSSR count). The van der Waals surface area contributed by atoms with E-state index in [4.69, 9.17) is 4.42 Å². The molecule has 7 aromatic carbocycles. The summed E-state index contributed by atoms with van der Waals surface area (Å²) < 4.78 is 7.01. The molecule has 0 spiro atoms. The van der Waals surface area contributed by atoms with Gasteiger partial charge in [0.25, 0.3) is 0 Å². The van der Waals surface area contributed by atoms with Crippen LogP contribution in [0.25, 0.3) is 55.0 Å². The van der Waals surface area contributed by atoms with Crippen molar-refractivity contribution in [2.75, 3.05) is 4.90 Å². The minimum absolute atomic E-state index is 0.868. The Hall–Kier alpha value is -5.60. The van der Waals surface area contributed by atoms with Crippen LogP contribution in [0.3, 0.4) is 0 Å². The number of benzene rings is 7. The van der Waals surface area contributed by atoms with E-state index in [1.165, 1.54) is 16.3 Å². The fraction of sp³-hybridized carbons (Fsp3) is 0. The molecule has 0 aliphatic heterocycles. The average Bonchev–Trinajstić information content (AvgIpc) is 3.47. The van der Waals surface area contributed by atoms with E-state index in [1.807, 2.05) is 0 Å². The lowest BCUT2D eigenvalue weighted by atomic mass is 9.96. The predicted octanol–water partition coefficient (Wildman–Crippen LogP) is 11.5. The molecule has 0 atom stereocenters. The first-order chi connectivity index (χ1) is 20.9. The predicted molar refractivity (Wildman–Crippen MR) is 177 cm³/mol. The highest BCUT2D eigenvalue weighted by molar-refractivity contribution is 6.24. The lowest BCUT2D eigenvalue weighted by molar-refractivity contribution is 0.670. The van der Waals surface area contributed by atoms with Gasteiger partial charge in [-0.15, -0.1) is 0 Å². The van der Waals surface area contributed by atoms with Gasteiger partial charge in [-0.3, -0.25) is 0 Å². The fourth-order valence-electron chi connectivity index (χ4n) is 6.16. The molecule has 8 aromatic rings. The molecule has 2 heteroatoms. The first-order valence-corrected chi connectivity index (χ1v) is 14.3. The van der Waals surface area contributed by atoms with Crippen molar-refractivity contribution in [3.05, 3.63) is 164 Å². The van der Waals surface area contributed by atoms with Crippen LogP contribution in [-0.2, 0) is 0 Å². The molecule has 0 N–H and O–H groups in total. The molecule has 42 heavy (non-hydrogen) atoms. The highest BCUT2D eigenvalue weighted by Crippen LogP contribution is 2.47. The zero-order valence-corrected chi connectivity index (χ0v) is 22.9. The zero-order chi connectivity index (χ0) is 27.9. The van der Waals surface area contributed by atoms with Crippen molar-refractivity contribution >= 4 is 49.8 Å². The Morgan fingerprint density at radius 1 is 0.405 bits per heavy atom. The second-order valence-electron chi connectivity index (χ2n) is 10.5. The normalized spacial score (nSPS) is 11.3. The fourth-order valence-corrected chi connectivity index (χ4v) is 6.16. The summed E-state index contributed by atoms with van der Waals surface area (Å²) >= 11 is 0. The monoisotopic (exact) mass is 537 g/mol. The number of rotatable bonds is 5. The maximum atomic E-state index is 7.01. The molecule has 0 radical (unpaired) electrons. The highest BCUT2D eigenvalue weighted by atomic mass is 16.3. The number of para-hydroxylation sites is 3. The van der Waals surface area contributed by atoms with Crippen LogP contribution in [0.15, 0.2) is 168 Å². The zero-order valence-electron chi connectivity index (χ0n) is 22.9. The number of fused-ring (bicyclic) bond motifs is 5. The third-order valence-electron chi connectivity index (χ3n) is 8.04. The largest absolute Gasteiger partial charge is 0.453 e. The third-order valence-corrected chi connectivity index (χ3v) is 8.04. The van der Waals surface area contributed by atoms with Gasteiger partial charge in [-0.25, -0.2) is 0 Å². The number of hydrogen-bond acceptors (Lipinski definition) is 2. The van der Waals surface area contributed by atoms with Crippen molar-refractivity contribution in [3.8, 4) is 22.3 Å². The van der Waals surface area contributed by atoms with Gasteiger partial charge in [0.2, 0.25) is 0 Å². The summed E-state index contributed by atoms with van der Waals surface area (Å²) in [6.45, 7) is 0. The molecule has 2 nitrogen and oxygen atoms in total. The topological polar surface area (TPSA) is 16.4 Å². The summed E-state index contributed by atoms with van der Waals surface area (Å²) in [6, 6.07) is 57.7. The lowest BCUT2D eigenvalue weighted by Gasteiger charge is -2.27. The Labute approximate surface area is 244 Å². The molecule has 1 aromatic heterocycles. The van der Waals surface area contributed by atoms with Crippen LogP contribution in [0.5, 0.6) is 0 Å². The Bertz CT molecular complexity index is 2180. The standard InChI is InChI=1S/C40H27NO/c1-4-15-28(16-5-1)32-22-12-13-25-36(32)41(31-20-8-3-9-21-31)37-26-14-24-34-38-33-23-11-10-19-30(33)27-35(40(38)42-39(34)37)29-17-6-2-7-18-29/h1-27H. The molecule has 0 bridgehead atoms. The number of nitrogens with zero attached hydrogens (tertiary/aromatic N) is 1. The smallest absolute Gasteiger partial charge is 0.159 e. The number of anilines is 3. The minimum Gasteiger partial charge on any atom is -0.453 e. The van der Waals surface area contributed by atoms with E-state index in [0.29, 0.717) is 0 Å². The van der Waals surface area contributed by atoms with Crippen LogP contribution in [0.1, 0.15) is 0 Å². The summed E-state index contributed by atoms with van der Waals surface area (Å²) in [5.41, 5.74) is 9.51. The first-order valence-electron chi connectivity index (χ1n) is 14.3. The molecule has 1 heterocycles. The van der Waals surface area contributed by atoms with E-state index in [9.17, 15) is 0 Å². The summed E-state index contributed by atoms with van der Waals surface area (Å²) in [5, 5.41) is 4.65. The van der Waals surface area contributed by atoms with Crippen molar-refractivity contribution in [2.24, 2.45) is 0 Å². The Balaban J connectivity index is 1.47. The Morgan fingerprint density at radius 2 is 0.976 bits per heavy atom. The third kappa shape index (κ3) is 3.96. The van der Waals surface area contributed by atoms with Gasteiger partial charge in [-0.1, -0.05) is 133 Å². The second kappa shape index (κ2) is 10.1. The summed E-state index contributed by atoms with van der Waals surface area (Å²) in [7, 11) is 0. The van der Waals surface area contributed by atoms with Gasteiger partial charge >= 0.3 is 0 Å². The van der Waals surface area contributed by atoms with E-state index in [1.54, 1.807) is 0 Å². The van der Waals surface area contributed by atoms with Gasteiger partial charge in [0.1, 0.15) is 5.58 Å². The average molecular weight is 538 g/mol. The van der Waals surface area contributed by atoms with Crippen LogP contribution in [0.4, 0.5) is 17.1 Å². The molecular formula is C40H27NO. The summed E-state index contributed by atoms with van der Waals surface area (Å²) in [5.74, 6) is 0. The SMILES string of the molecule is c1ccc(-c2ccccc2N(c2ccccc2)c2cccc3c2oc2c(-c4ccccc4)cc4ccccc4c23)cc1. The van der Waals surface area contributed by atoms with Crippen molar-refractivity contribution in [1.29, 1.82) is 0 Å². The van der Waals surface area contributed by atoms with E-state index < -0.39 is 0 Å². The van der Waals surface area contributed by atoms with Crippen LogP contribution >= 0.6 is 0 Å². The maximum Gasteiger partial charge on any atom is 0.159 e. The molecule has 0 unspecified atom stereocenters. The molecule has 0 saturated heterocycles. The van der Waals surface area contributed by atoms with Gasteiger partial charge in [-0.2, -0.15) is 0 Å². The van der Waals surface area contributed by atoms with Gasteiger partial charge < -0.3 is 9.32 Å². The van der Waals surface area contributed by atoms with Crippen molar-refractivity contribution < 1.29 is 4.42 Å². The molecule has 0 aliphatic rings. The molecule has 0 saturated carbocycles. The van der Waals surface area contributed by atoms with Crippen molar-refractivity contribution in [1.82, 2.24) is 0 Å². The molecule has 0 aliphatic carbocycles. The van der Waals surface area contributed by atoms with Gasteiger partial charge in [0, 0.05) is 27.6 Å². The van der Waals surface area contributed by atoms with Gasteiger partial charge in [0.15, 0.2) is 5.58 Å². The molecule has 0 amide bonds. The van der Waals surface area contributed by atoms with E-state index in [2.05, 4.69) is 169 Å². The van der Waals surface area contributed by atoms with E-state index >= 15 is 0 Å². The van der Waals surface area contributed by atoms with Crippen molar-refractivity contribution in [2.45, 2.75) is 0 Å². The Morgan fingerprint density at radius 3 is 1.74 bits per heavy atom. The summed E-state index contributed by atoms with van der Waals surface area (Å²) in [4.78, 5) is 2.33. The molecular weight excluding hydrogens is 510 g/mol. The van der Waals surface area contributed by atoms with Gasteiger partial charge in [-0.05, 0) is 52.2 Å². The van der Waals surface area contributed by atoms with Crippen LogP contribution in [-0.4, -0.2) is 0 Å². The van der Waals surface area contributed by atoms with Crippen LogP contribution in [0, 0.1) is 0 Å². The molecule has 198 valence electrons. The van der Waals surface area contributed by atoms with E-state index in [0.717, 1.165) is 55.7 Å². The number of hydrogen-bond donors (Lipinski definition) is 0. The van der Waals surface area contributed by atoms with Crippen LogP contribution < -0.4 is 4.90 Å². The first kappa shape index (κ1) is 24.2. The summed E-state index contributed by atoms with van der Waals surface area (Å²) in [6.07, 6.45) is 0. The van der Waals surface area contributed by atoms with Gasteiger partial charge in [0.05, 0.1) is 11.4 Å². The maximum absolute atomic E-state index is 7.01. The quantitative estimate of drug-likeness (QED) is 0.217. The van der Waals surface area contributed by atoms with Crippen molar-refractivity contribution in [3.63, 3.8) is 0 Å². The number of furan rings is 1. The van der Waals surface area contributed by atoms with Crippen LogP contribution in [0.2, 0.25) is 0 Å². The Kier molecular flexibility index (Phi) is 5.82. The molecule has 0 fully saturated rings. The lowest BCUT2D eigenvalue weighted by Crippen LogP contribution is -2.11. The highest BCUT2D eigenvalue weighted by Gasteiger charge is 2.23. The second-order valence-corrected chi connectivity index (χ2v) is 10.5. The minimum atomic E-state index is 0.868. The van der Waals surface area contributed by atoms with E-state index in [-0.39, 0.29) is 0 Å².